The second-order valence-corrected chi connectivity index (χ2v) is 5.71. The highest BCUT2D eigenvalue weighted by Crippen LogP contribution is 2.22. The Kier molecular flexibility index (Phi) is 4.69. The molecule has 1 heterocycles. The van der Waals surface area contributed by atoms with Gasteiger partial charge >= 0.3 is 0 Å². The average molecular weight is 272 g/mol. The monoisotopic (exact) mass is 272 g/mol. The second-order valence-electron chi connectivity index (χ2n) is 5.71. The molecule has 2 aliphatic rings. The van der Waals surface area contributed by atoms with Gasteiger partial charge in [0.15, 0.2) is 0 Å². The maximum Gasteiger partial charge on any atom is 0.131 e. The van der Waals surface area contributed by atoms with Crippen molar-refractivity contribution in [3.63, 3.8) is 0 Å². The number of nitrogens with zero attached hydrogens (tertiary/aromatic N) is 2. The fourth-order valence-electron chi connectivity index (χ4n) is 3.08. The Morgan fingerprint density at radius 3 is 2.40 bits per heavy atom. The highest BCUT2D eigenvalue weighted by molar-refractivity contribution is 5.99. The van der Waals surface area contributed by atoms with E-state index >= 15 is 0 Å². The molecule has 0 N–H and O–H groups in total. The fraction of sp³-hybridized carbons (Fsp3) is 0.588. The van der Waals surface area contributed by atoms with Gasteiger partial charge in [-0.1, -0.05) is 49.6 Å². The number of amidine groups is 1. The second kappa shape index (κ2) is 6.89. The van der Waals surface area contributed by atoms with Gasteiger partial charge in [-0.25, -0.2) is 0 Å². The van der Waals surface area contributed by atoms with E-state index in [9.17, 15) is 0 Å². The van der Waals surface area contributed by atoms with Gasteiger partial charge in [0.2, 0.25) is 0 Å². The molecule has 108 valence electrons. The summed E-state index contributed by atoms with van der Waals surface area (Å²) in [5, 5.41) is 0. The van der Waals surface area contributed by atoms with E-state index < -0.39 is 0 Å². The molecule has 1 aromatic rings. The van der Waals surface area contributed by atoms with Gasteiger partial charge in [-0.3, -0.25) is 4.99 Å². The predicted octanol–water partition coefficient (Wildman–Crippen LogP) is 3.10. The summed E-state index contributed by atoms with van der Waals surface area (Å²) >= 11 is 0. The number of aliphatic imine (C=N–C) groups is 1. The van der Waals surface area contributed by atoms with Crippen molar-refractivity contribution in [2.24, 2.45) is 4.99 Å². The van der Waals surface area contributed by atoms with Crippen LogP contribution in [-0.4, -0.2) is 43.1 Å². The number of morpholine rings is 1. The molecule has 1 aliphatic heterocycles. The summed E-state index contributed by atoms with van der Waals surface area (Å²) < 4.78 is 5.48. The van der Waals surface area contributed by atoms with Crippen LogP contribution in [0.25, 0.3) is 0 Å². The Morgan fingerprint density at radius 2 is 1.70 bits per heavy atom. The molecule has 2 fully saturated rings. The first-order valence-corrected chi connectivity index (χ1v) is 7.89. The lowest BCUT2D eigenvalue weighted by molar-refractivity contribution is 0.0680. The van der Waals surface area contributed by atoms with E-state index in [1.54, 1.807) is 0 Å². The maximum absolute atomic E-state index is 5.48. The molecular formula is C17H24N2O. The SMILES string of the molecule is c1ccc(C(=NC2CCCCC2)N2CCOCC2)cc1. The molecule has 0 radical (unpaired) electrons. The zero-order valence-corrected chi connectivity index (χ0v) is 12.1. The van der Waals surface area contributed by atoms with Gasteiger partial charge in [-0.15, -0.1) is 0 Å². The van der Waals surface area contributed by atoms with Crippen LogP contribution in [0, 0.1) is 0 Å². The van der Waals surface area contributed by atoms with Crippen LogP contribution in [0.5, 0.6) is 0 Å². The third-order valence-corrected chi connectivity index (χ3v) is 4.22. The molecule has 0 amide bonds. The summed E-state index contributed by atoms with van der Waals surface area (Å²) in [5.74, 6) is 1.18. The van der Waals surface area contributed by atoms with Crippen LogP contribution < -0.4 is 0 Å². The van der Waals surface area contributed by atoms with Crippen molar-refractivity contribution < 1.29 is 4.74 Å². The first kappa shape index (κ1) is 13.6. The van der Waals surface area contributed by atoms with Crippen LogP contribution in [0.3, 0.4) is 0 Å². The van der Waals surface area contributed by atoms with Crippen molar-refractivity contribution in [3.8, 4) is 0 Å². The molecule has 3 rings (SSSR count). The third-order valence-electron chi connectivity index (χ3n) is 4.22. The lowest BCUT2D eigenvalue weighted by atomic mass is 9.96. The minimum atomic E-state index is 0.516. The maximum atomic E-state index is 5.48. The summed E-state index contributed by atoms with van der Waals surface area (Å²) in [6.07, 6.45) is 6.55. The molecule has 0 bridgehead atoms. The van der Waals surface area contributed by atoms with E-state index in [-0.39, 0.29) is 0 Å². The average Bonchev–Trinajstić information content (AvgIpc) is 2.55. The molecule has 0 spiro atoms. The first-order valence-electron chi connectivity index (χ1n) is 7.89. The Morgan fingerprint density at radius 1 is 1.00 bits per heavy atom. The smallest absolute Gasteiger partial charge is 0.131 e. The lowest BCUT2D eigenvalue weighted by Crippen LogP contribution is -2.41. The minimum Gasteiger partial charge on any atom is -0.378 e. The zero-order chi connectivity index (χ0) is 13.6. The van der Waals surface area contributed by atoms with Crippen molar-refractivity contribution in [2.75, 3.05) is 26.3 Å². The van der Waals surface area contributed by atoms with Crippen LogP contribution in [-0.2, 0) is 4.74 Å². The number of hydrogen-bond donors (Lipinski definition) is 0. The number of hydrogen-bond acceptors (Lipinski definition) is 2. The van der Waals surface area contributed by atoms with E-state index in [2.05, 4.69) is 35.2 Å². The number of ether oxygens (including phenoxy) is 1. The standard InChI is InChI=1S/C17H24N2O/c1-3-7-15(8-4-1)17(19-11-13-20-14-12-19)18-16-9-5-2-6-10-16/h1,3-4,7-8,16H,2,5-6,9-14H2. The van der Waals surface area contributed by atoms with Crippen molar-refractivity contribution in [1.29, 1.82) is 0 Å². The molecule has 0 aromatic heterocycles. The van der Waals surface area contributed by atoms with E-state index in [0.717, 1.165) is 26.3 Å². The molecule has 1 aliphatic carbocycles. The number of benzene rings is 1. The fourth-order valence-corrected chi connectivity index (χ4v) is 3.08. The van der Waals surface area contributed by atoms with Crippen molar-refractivity contribution in [2.45, 2.75) is 38.1 Å². The van der Waals surface area contributed by atoms with E-state index in [1.165, 1.54) is 43.5 Å². The zero-order valence-electron chi connectivity index (χ0n) is 12.1. The molecule has 1 aromatic carbocycles. The first-order chi connectivity index (χ1) is 9.93. The Hall–Kier alpha value is -1.35. The predicted molar refractivity (Wildman–Crippen MR) is 82.2 cm³/mol. The van der Waals surface area contributed by atoms with Crippen molar-refractivity contribution in [3.05, 3.63) is 35.9 Å². The molecule has 3 heteroatoms. The summed E-state index contributed by atoms with van der Waals surface area (Å²) in [6.45, 7) is 3.55. The van der Waals surface area contributed by atoms with Crippen LogP contribution >= 0.6 is 0 Å². The van der Waals surface area contributed by atoms with Crippen LogP contribution in [0.15, 0.2) is 35.3 Å². The van der Waals surface area contributed by atoms with E-state index in [1.807, 2.05) is 0 Å². The van der Waals surface area contributed by atoms with Crippen molar-refractivity contribution >= 4 is 5.84 Å². The van der Waals surface area contributed by atoms with Gasteiger partial charge in [0.05, 0.1) is 19.3 Å². The quantitative estimate of drug-likeness (QED) is 0.610. The summed E-state index contributed by atoms with van der Waals surface area (Å²) in [6, 6.07) is 11.1. The summed E-state index contributed by atoms with van der Waals surface area (Å²) in [4.78, 5) is 7.51. The van der Waals surface area contributed by atoms with Gasteiger partial charge < -0.3 is 9.64 Å². The van der Waals surface area contributed by atoms with Gasteiger partial charge in [0.25, 0.3) is 0 Å². The molecule has 3 nitrogen and oxygen atoms in total. The molecule has 0 unspecified atom stereocenters. The van der Waals surface area contributed by atoms with Gasteiger partial charge in [-0.05, 0) is 12.8 Å². The normalized spacial score (nSPS) is 22.0. The van der Waals surface area contributed by atoms with Gasteiger partial charge in [0.1, 0.15) is 5.84 Å². The third kappa shape index (κ3) is 3.40. The largest absolute Gasteiger partial charge is 0.378 e. The molecular weight excluding hydrogens is 248 g/mol. The Labute approximate surface area is 121 Å². The number of rotatable bonds is 2. The Balaban J connectivity index is 1.84. The van der Waals surface area contributed by atoms with Crippen molar-refractivity contribution in [1.82, 2.24) is 4.90 Å². The van der Waals surface area contributed by atoms with Crippen LogP contribution in [0.2, 0.25) is 0 Å². The van der Waals surface area contributed by atoms with Gasteiger partial charge in [-0.2, -0.15) is 0 Å². The Bertz CT molecular complexity index is 432. The topological polar surface area (TPSA) is 24.8 Å². The van der Waals surface area contributed by atoms with E-state index in [4.69, 9.17) is 9.73 Å². The highest BCUT2D eigenvalue weighted by Gasteiger charge is 2.19. The van der Waals surface area contributed by atoms with Crippen LogP contribution in [0.1, 0.15) is 37.7 Å². The van der Waals surface area contributed by atoms with Gasteiger partial charge in [0, 0.05) is 18.7 Å². The molecule has 1 saturated carbocycles. The minimum absolute atomic E-state index is 0.516. The lowest BCUT2D eigenvalue weighted by Gasteiger charge is -2.31. The molecule has 20 heavy (non-hydrogen) atoms. The van der Waals surface area contributed by atoms with E-state index in [0.29, 0.717) is 6.04 Å². The highest BCUT2D eigenvalue weighted by atomic mass is 16.5. The molecule has 0 atom stereocenters. The van der Waals surface area contributed by atoms with Crippen LogP contribution in [0.4, 0.5) is 0 Å². The summed E-state index contributed by atoms with van der Waals surface area (Å²) in [5.41, 5.74) is 1.25. The summed E-state index contributed by atoms with van der Waals surface area (Å²) in [7, 11) is 0. The molecule has 1 saturated heterocycles.